The molecule has 6 nitrogen and oxygen atoms in total. The number of hydrogen-bond donors (Lipinski definition) is 2. The van der Waals surface area contributed by atoms with Crippen molar-refractivity contribution in [2.75, 3.05) is 25.6 Å². The molecule has 1 unspecified atom stereocenters. The molecule has 0 spiro atoms. The van der Waals surface area contributed by atoms with Crippen LogP contribution in [0.3, 0.4) is 0 Å². The Kier molecular flexibility index (Phi) is 6.05. The van der Waals surface area contributed by atoms with Crippen molar-refractivity contribution in [3.8, 4) is 0 Å². The van der Waals surface area contributed by atoms with Crippen LogP contribution in [-0.2, 0) is 4.74 Å². The van der Waals surface area contributed by atoms with Gasteiger partial charge in [0.1, 0.15) is 17.3 Å². The molecule has 0 aliphatic rings. The van der Waals surface area contributed by atoms with E-state index in [9.17, 15) is 4.79 Å². The number of carbonyl (C=O) groups is 1. The first-order valence-corrected chi connectivity index (χ1v) is 7.54. The summed E-state index contributed by atoms with van der Waals surface area (Å²) in [6, 6.07) is 11.4. The molecule has 0 aliphatic carbocycles. The van der Waals surface area contributed by atoms with E-state index in [1.165, 1.54) is 0 Å². The molecule has 1 amide bonds. The minimum Gasteiger partial charge on any atom is -0.383 e. The predicted octanol–water partition coefficient (Wildman–Crippen LogP) is 2.33. The summed E-state index contributed by atoms with van der Waals surface area (Å²) in [5.41, 5.74) is 1.39. The van der Waals surface area contributed by atoms with Gasteiger partial charge in [-0.1, -0.05) is 30.3 Å². The first kappa shape index (κ1) is 16.9. The molecule has 0 saturated heterocycles. The molecule has 0 radical (unpaired) electrons. The lowest BCUT2D eigenvalue weighted by atomic mass is 10.1. The summed E-state index contributed by atoms with van der Waals surface area (Å²) < 4.78 is 4.99. The van der Waals surface area contributed by atoms with Crippen LogP contribution < -0.4 is 10.6 Å². The fourth-order valence-electron chi connectivity index (χ4n) is 2.15. The number of amides is 1. The molecular weight excluding hydrogens is 292 g/mol. The molecule has 0 fully saturated rings. The van der Waals surface area contributed by atoms with E-state index in [0.29, 0.717) is 30.5 Å². The van der Waals surface area contributed by atoms with Gasteiger partial charge in [-0.05, 0) is 19.4 Å². The van der Waals surface area contributed by atoms with Gasteiger partial charge in [0.25, 0.3) is 5.91 Å². The Balaban J connectivity index is 2.06. The maximum absolute atomic E-state index is 12.4. The van der Waals surface area contributed by atoms with E-state index in [1.807, 2.05) is 37.3 Å². The van der Waals surface area contributed by atoms with Crippen molar-refractivity contribution < 1.29 is 9.53 Å². The van der Waals surface area contributed by atoms with Crippen LogP contribution in [0.25, 0.3) is 0 Å². The molecule has 1 aromatic heterocycles. The number of aromatic nitrogens is 2. The van der Waals surface area contributed by atoms with Crippen molar-refractivity contribution in [1.29, 1.82) is 0 Å². The second kappa shape index (κ2) is 8.24. The highest BCUT2D eigenvalue weighted by Gasteiger charge is 2.14. The third-order valence-electron chi connectivity index (χ3n) is 3.33. The van der Waals surface area contributed by atoms with E-state index in [1.54, 1.807) is 20.1 Å². The maximum Gasteiger partial charge on any atom is 0.270 e. The molecule has 23 heavy (non-hydrogen) atoms. The minimum atomic E-state index is -0.221. The normalized spacial score (nSPS) is 11.8. The van der Waals surface area contributed by atoms with Crippen LogP contribution in [0.15, 0.2) is 36.4 Å². The van der Waals surface area contributed by atoms with Crippen LogP contribution in [0.4, 0.5) is 5.82 Å². The molecule has 2 N–H and O–H groups in total. The zero-order valence-electron chi connectivity index (χ0n) is 13.7. The lowest BCUT2D eigenvalue weighted by Crippen LogP contribution is -2.28. The first-order valence-electron chi connectivity index (χ1n) is 7.54. The zero-order chi connectivity index (χ0) is 16.7. The molecule has 0 aliphatic heterocycles. The standard InChI is InChI=1S/C17H22N4O2/c1-12(14-7-5-4-6-8-14)19-17(22)15-11-16(18-9-10-23-3)21-13(2)20-15/h4-8,11-12H,9-10H2,1-3H3,(H,19,22)(H,18,20,21). The second-order valence-corrected chi connectivity index (χ2v) is 5.21. The Morgan fingerprint density at radius 3 is 2.70 bits per heavy atom. The third kappa shape index (κ3) is 5.03. The molecule has 1 atom stereocenters. The molecule has 6 heteroatoms. The Hall–Kier alpha value is -2.47. The van der Waals surface area contributed by atoms with Crippen LogP contribution in [-0.4, -0.2) is 36.1 Å². The van der Waals surface area contributed by atoms with Crippen LogP contribution in [0, 0.1) is 6.92 Å². The number of nitrogens with zero attached hydrogens (tertiary/aromatic N) is 2. The van der Waals surface area contributed by atoms with Crippen molar-refractivity contribution >= 4 is 11.7 Å². The number of carbonyl (C=O) groups excluding carboxylic acids is 1. The highest BCUT2D eigenvalue weighted by molar-refractivity contribution is 5.93. The summed E-state index contributed by atoms with van der Waals surface area (Å²) in [6.45, 7) is 4.89. The monoisotopic (exact) mass is 314 g/mol. The van der Waals surface area contributed by atoms with Gasteiger partial charge in [0, 0.05) is 19.7 Å². The van der Waals surface area contributed by atoms with E-state index in [4.69, 9.17) is 4.74 Å². The van der Waals surface area contributed by atoms with Crippen molar-refractivity contribution in [2.24, 2.45) is 0 Å². The third-order valence-corrected chi connectivity index (χ3v) is 3.33. The average Bonchev–Trinajstić information content (AvgIpc) is 2.55. The fourth-order valence-corrected chi connectivity index (χ4v) is 2.15. The fraction of sp³-hybridized carbons (Fsp3) is 0.353. The Bertz CT molecular complexity index is 646. The van der Waals surface area contributed by atoms with Crippen molar-refractivity contribution in [2.45, 2.75) is 19.9 Å². The second-order valence-electron chi connectivity index (χ2n) is 5.21. The number of hydrogen-bond acceptors (Lipinski definition) is 5. The summed E-state index contributed by atoms with van der Waals surface area (Å²) in [6.07, 6.45) is 0. The van der Waals surface area contributed by atoms with E-state index < -0.39 is 0 Å². The average molecular weight is 314 g/mol. The van der Waals surface area contributed by atoms with Crippen LogP contribution >= 0.6 is 0 Å². The summed E-state index contributed by atoms with van der Waals surface area (Å²) in [4.78, 5) is 20.9. The van der Waals surface area contributed by atoms with Gasteiger partial charge in [-0.15, -0.1) is 0 Å². The van der Waals surface area contributed by atoms with Gasteiger partial charge in [0.05, 0.1) is 12.6 Å². The maximum atomic E-state index is 12.4. The Labute approximate surface area is 136 Å². The van der Waals surface area contributed by atoms with Gasteiger partial charge in [-0.25, -0.2) is 9.97 Å². The Morgan fingerprint density at radius 2 is 2.00 bits per heavy atom. The number of nitrogens with one attached hydrogen (secondary N) is 2. The van der Waals surface area contributed by atoms with Gasteiger partial charge < -0.3 is 15.4 Å². The lowest BCUT2D eigenvalue weighted by Gasteiger charge is -2.14. The van der Waals surface area contributed by atoms with Gasteiger partial charge in [-0.2, -0.15) is 0 Å². The quantitative estimate of drug-likeness (QED) is 0.767. The van der Waals surface area contributed by atoms with Crippen molar-refractivity contribution in [3.05, 3.63) is 53.5 Å². The number of aryl methyl sites for hydroxylation is 1. The molecule has 122 valence electrons. The van der Waals surface area contributed by atoms with E-state index in [-0.39, 0.29) is 11.9 Å². The number of ether oxygens (including phenoxy) is 1. The molecule has 0 saturated carbocycles. The summed E-state index contributed by atoms with van der Waals surface area (Å²) in [7, 11) is 1.64. The number of methoxy groups -OCH3 is 1. The van der Waals surface area contributed by atoms with Gasteiger partial charge in [0.15, 0.2) is 0 Å². The number of rotatable bonds is 7. The molecule has 0 bridgehead atoms. The highest BCUT2D eigenvalue weighted by atomic mass is 16.5. The van der Waals surface area contributed by atoms with Crippen molar-refractivity contribution in [1.82, 2.24) is 15.3 Å². The molecular formula is C17H22N4O2. The van der Waals surface area contributed by atoms with Crippen LogP contribution in [0.2, 0.25) is 0 Å². The molecule has 1 heterocycles. The van der Waals surface area contributed by atoms with Gasteiger partial charge >= 0.3 is 0 Å². The van der Waals surface area contributed by atoms with Gasteiger partial charge in [-0.3, -0.25) is 4.79 Å². The topological polar surface area (TPSA) is 76.1 Å². The number of benzene rings is 1. The first-order chi connectivity index (χ1) is 11.1. The largest absolute Gasteiger partial charge is 0.383 e. The van der Waals surface area contributed by atoms with Crippen LogP contribution in [0.1, 0.15) is 34.8 Å². The predicted molar refractivity (Wildman–Crippen MR) is 89.5 cm³/mol. The Morgan fingerprint density at radius 1 is 1.26 bits per heavy atom. The number of anilines is 1. The van der Waals surface area contributed by atoms with E-state index >= 15 is 0 Å². The summed E-state index contributed by atoms with van der Waals surface area (Å²) in [5.74, 6) is 0.943. The van der Waals surface area contributed by atoms with E-state index in [0.717, 1.165) is 5.56 Å². The lowest BCUT2D eigenvalue weighted by molar-refractivity contribution is 0.0934. The van der Waals surface area contributed by atoms with E-state index in [2.05, 4.69) is 20.6 Å². The van der Waals surface area contributed by atoms with Crippen LogP contribution in [0.5, 0.6) is 0 Å². The molecule has 2 aromatic rings. The van der Waals surface area contributed by atoms with Gasteiger partial charge in [0.2, 0.25) is 0 Å². The highest BCUT2D eigenvalue weighted by Crippen LogP contribution is 2.13. The zero-order valence-corrected chi connectivity index (χ0v) is 13.7. The molecule has 2 rings (SSSR count). The SMILES string of the molecule is COCCNc1cc(C(=O)NC(C)c2ccccc2)nc(C)n1. The smallest absolute Gasteiger partial charge is 0.270 e. The summed E-state index contributed by atoms with van der Waals surface area (Å²) in [5, 5.41) is 6.06. The minimum absolute atomic E-state index is 0.0936. The molecule has 1 aromatic carbocycles. The van der Waals surface area contributed by atoms with Crippen molar-refractivity contribution in [3.63, 3.8) is 0 Å². The summed E-state index contributed by atoms with van der Waals surface area (Å²) >= 11 is 0.